The van der Waals surface area contributed by atoms with Gasteiger partial charge in [-0.2, -0.15) is 0 Å². The van der Waals surface area contributed by atoms with Crippen molar-refractivity contribution in [2.75, 3.05) is 0 Å². The first-order valence-electron chi connectivity index (χ1n) is 8.00. The minimum absolute atomic E-state index is 0.0322. The molecular weight excluding hydrogens is 370 g/mol. The van der Waals surface area contributed by atoms with Crippen molar-refractivity contribution in [3.05, 3.63) is 76.7 Å². The van der Waals surface area contributed by atoms with Gasteiger partial charge in [0.05, 0.1) is 15.4 Å². The maximum atomic E-state index is 12.9. The first kappa shape index (κ1) is 17.2. The van der Waals surface area contributed by atoms with Crippen molar-refractivity contribution in [3.63, 3.8) is 0 Å². The molecule has 0 saturated carbocycles. The summed E-state index contributed by atoms with van der Waals surface area (Å²) < 4.78 is 35.8. The predicted octanol–water partition coefficient (Wildman–Crippen LogP) is 2.72. The monoisotopic (exact) mass is 383 g/mol. The molecule has 3 aromatic rings. The van der Waals surface area contributed by atoms with Crippen LogP contribution >= 0.6 is 0 Å². The van der Waals surface area contributed by atoms with Crippen LogP contribution in [0, 0.1) is 6.92 Å². The normalized spacial score (nSPS) is 14.3. The van der Waals surface area contributed by atoms with E-state index in [-0.39, 0.29) is 33.1 Å². The molecule has 0 amide bonds. The number of fused-ring (bicyclic) bond motifs is 2. The largest absolute Gasteiger partial charge is 0.455 e. The Balaban J connectivity index is 1.68. The number of ether oxygens (including phenoxy) is 1. The maximum absolute atomic E-state index is 12.9. The molecule has 136 valence electrons. The van der Waals surface area contributed by atoms with Crippen LogP contribution < -0.4 is 0 Å². The zero-order chi connectivity index (χ0) is 19.2. The highest BCUT2D eigenvalue weighted by atomic mass is 32.2. The molecule has 0 atom stereocenters. The van der Waals surface area contributed by atoms with Crippen LogP contribution in [0.3, 0.4) is 0 Å². The molecule has 2 heterocycles. The highest BCUT2D eigenvalue weighted by Gasteiger charge is 2.35. The number of carbonyl (C=O) groups excluding carboxylic acids is 2. The Labute approximate surface area is 154 Å². The molecule has 0 fully saturated rings. The first-order valence-corrected chi connectivity index (χ1v) is 9.48. The van der Waals surface area contributed by atoms with Crippen LogP contribution in [0.1, 0.15) is 37.7 Å². The fraction of sp³-hybridized carbons (Fsp3) is 0.105. The smallest absolute Gasteiger partial charge is 0.338 e. The third-order valence-electron chi connectivity index (χ3n) is 4.20. The van der Waals surface area contributed by atoms with E-state index in [2.05, 4.69) is 5.16 Å². The van der Waals surface area contributed by atoms with Crippen molar-refractivity contribution in [1.29, 1.82) is 0 Å². The van der Waals surface area contributed by atoms with Crippen molar-refractivity contribution < 1.29 is 27.3 Å². The molecule has 27 heavy (non-hydrogen) atoms. The minimum Gasteiger partial charge on any atom is -0.455 e. The van der Waals surface area contributed by atoms with E-state index in [1.807, 2.05) is 0 Å². The van der Waals surface area contributed by atoms with Crippen molar-refractivity contribution in [3.8, 4) is 0 Å². The van der Waals surface area contributed by atoms with Crippen molar-refractivity contribution in [1.82, 2.24) is 5.16 Å². The summed E-state index contributed by atoms with van der Waals surface area (Å²) in [5, 5.41) is 3.72. The van der Waals surface area contributed by atoms with E-state index >= 15 is 0 Å². The average Bonchev–Trinajstić information content (AvgIpc) is 3.09. The van der Waals surface area contributed by atoms with E-state index in [1.165, 1.54) is 30.3 Å². The van der Waals surface area contributed by atoms with Crippen LogP contribution in [0.15, 0.2) is 62.8 Å². The Kier molecular flexibility index (Phi) is 3.92. The second-order valence-electron chi connectivity index (χ2n) is 6.04. The summed E-state index contributed by atoms with van der Waals surface area (Å²) in [6.07, 6.45) is 0. The molecule has 1 aromatic heterocycles. The van der Waals surface area contributed by atoms with E-state index in [4.69, 9.17) is 9.26 Å². The maximum Gasteiger partial charge on any atom is 0.338 e. The highest BCUT2D eigenvalue weighted by Crippen LogP contribution is 2.34. The number of sulfone groups is 1. The van der Waals surface area contributed by atoms with Crippen LogP contribution in [0.4, 0.5) is 0 Å². The van der Waals surface area contributed by atoms with Crippen LogP contribution in [-0.4, -0.2) is 25.3 Å². The molecule has 8 heteroatoms. The number of esters is 1. The van der Waals surface area contributed by atoms with E-state index in [9.17, 15) is 18.0 Å². The number of aryl methyl sites for hydroxylation is 1. The summed E-state index contributed by atoms with van der Waals surface area (Å²) in [7, 11) is -3.91. The van der Waals surface area contributed by atoms with Crippen LogP contribution in [0.25, 0.3) is 0 Å². The van der Waals surface area contributed by atoms with Gasteiger partial charge in [-0.15, -0.1) is 0 Å². The van der Waals surface area contributed by atoms with Crippen LogP contribution in [0.5, 0.6) is 0 Å². The topological polar surface area (TPSA) is 104 Å². The molecule has 0 spiro atoms. The van der Waals surface area contributed by atoms with Crippen molar-refractivity contribution in [2.24, 2.45) is 0 Å². The number of hydrogen-bond acceptors (Lipinski definition) is 7. The average molecular weight is 383 g/mol. The lowest BCUT2D eigenvalue weighted by molar-refractivity contribution is 0.0463. The van der Waals surface area contributed by atoms with Crippen molar-refractivity contribution >= 4 is 21.6 Å². The second kappa shape index (κ2) is 6.17. The molecule has 0 N–H and O–H groups in total. The lowest BCUT2D eigenvalue weighted by Gasteiger charge is -2.19. The standard InChI is InChI=1S/C19H13NO6S/c1-11-8-13(20-26-11)10-25-19(22)12-6-7-15-17(9-12)27(23,24)16-5-3-2-4-14(16)18(15)21/h2-9H,10H2,1H3. The molecule has 0 saturated heterocycles. The number of rotatable bonds is 3. The summed E-state index contributed by atoms with van der Waals surface area (Å²) in [4.78, 5) is 24.6. The van der Waals surface area contributed by atoms with Gasteiger partial charge in [-0.05, 0) is 37.3 Å². The molecule has 0 aliphatic carbocycles. The zero-order valence-electron chi connectivity index (χ0n) is 14.1. The van der Waals surface area contributed by atoms with Crippen LogP contribution in [-0.2, 0) is 21.2 Å². The van der Waals surface area contributed by atoms with Gasteiger partial charge in [0.25, 0.3) is 0 Å². The Morgan fingerprint density at radius 3 is 2.56 bits per heavy atom. The number of benzene rings is 2. The number of ketones is 1. The van der Waals surface area contributed by atoms with Gasteiger partial charge in [-0.1, -0.05) is 17.3 Å². The Morgan fingerprint density at radius 2 is 1.81 bits per heavy atom. The van der Waals surface area contributed by atoms with E-state index in [0.29, 0.717) is 11.5 Å². The second-order valence-corrected chi connectivity index (χ2v) is 7.93. The fourth-order valence-corrected chi connectivity index (χ4v) is 4.60. The quantitative estimate of drug-likeness (QED) is 0.501. The minimum atomic E-state index is -3.91. The lowest BCUT2D eigenvalue weighted by atomic mass is 10.0. The van der Waals surface area contributed by atoms with E-state index in [0.717, 1.165) is 0 Å². The Hall–Kier alpha value is -3.26. The van der Waals surface area contributed by atoms with Gasteiger partial charge in [-0.3, -0.25) is 4.79 Å². The first-order chi connectivity index (χ1) is 12.9. The van der Waals surface area contributed by atoms with Gasteiger partial charge >= 0.3 is 5.97 Å². The van der Waals surface area contributed by atoms with Gasteiger partial charge in [0.2, 0.25) is 9.84 Å². The molecular formula is C19H13NO6S. The van der Waals surface area contributed by atoms with Gasteiger partial charge in [-0.25, -0.2) is 13.2 Å². The number of aromatic nitrogens is 1. The van der Waals surface area contributed by atoms with E-state index in [1.54, 1.807) is 25.1 Å². The summed E-state index contributed by atoms with van der Waals surface area (Å²) in [5.41, 5.74) is 0.638. The van der Waals surface area contributed by atoms with Gasteiger partial charge in [0.1, 0.15) is 18.1 Å². The molecule has 2 aromatic carbocycles. The molecule has 1 aliphatic heterocycles. The number of carbonyl (C=O) groups is 2. The predicted molar refractivity (Wildman–Crippen MR) is 92.1 cm³/mol. The molecule has 4 rings (SSSR count). The Bertz CT molecular complexity index is 1190. The van der Waals surface area contributed by atoms with Gasteiger partial charge < -0.3 is 9.26 Å². The number of hydrogen-bond donors (Lipinski definition) is 0. The lowest BCUT2D eigenvalue weighted by Crippen LogP contribution is -2.21. The third kappa shape index (κ3) is 2.83. The van der Waals surface area contributed by atoms with E-state index < -0.39 is 21.6 Å². The molecule has 0 radical (unpaired) electrons. The molecule has 0 unspecified atom stereocenters. The zero-order valence-corrected chi connectivity index (χ0v) is 14.9. The Morgan fingerprint density at radius 1 is 1.07 bits per heavy atom. The molecule has 7 nitrogen and oxygen atoms in total. The SMILES string of the molecule is Cc1cc(COC(=O)c2ccc3c(c2)S(=O)(=O)c2ccccc2C3=O)no1. The van der Waals surface area contributed by atoms with Crippen LogP contribution in [0.2, 0.25) is 0 Å². The van der Waals surface area contributed by atoms with Gasteiger partial charge in [0, 0.05) is 17.2 Å². The van der Waals surface area contributed by atoms with Gasteiger partial charge in [0.15, 0.2) is 5.78 Å². The van der Waals surface area contributed by atoms with Crippen molar-refractivity contribution in [2.45, 2.75) is 23.3 Å². The third-order valence-corrected chi connectivity index (χ3v) is 6.05. The number of nitrogens with zero attached hydrogens (tertiary/aromatic N) is 1. The summed E-state index contributed by atoms with van der Waals surface area (Å²) >= 11 is 0. The summed E-state index contributed by atoms with van der Waals surface area (Å²) in [6, 6.07) is 11.5. The summed E-state index contributed by atoms with van der Waals surface area (Å²) in [6.45, 7) is 1.60. The molecule has 1 aliphatic rings. The highest BCUT2D eigenvalue weighted by molar-refractivity contribution is 7.91. The fourth-order valence-electron chi connectivity index (χ4n) is 2.92. The molecule has 0 bridgehead atoms. The summed E-state index contributed by atoms with van der Waals surface area (Å²) in [5.74, 6) is -0.536.